The molecular weight excluding hydrogens is 508 g/mol. The lowest BCUT2D eigenvalue weighted by Gasteiger charge is -2.28. The molecule has 0 radical (unpaired) electrons. The first-order valence-electron chi connectivity index (χ1n) is 10.7. The molecule has 1 aliphatic heterocycles. The Morgan fingerprint density at radius 3 is 2.31 bits per heavy atom. The first-order valence-corrected chi connectivity index (χ1v) is 11.5. The molecule has 186 valence electrons. The van der Waals surface area contributed by atoms with E-state index in [0.29, 0.717) is 13.1 Å². The van der Waals surface area contributed by atoms with Crippen molar-refractivity contribution in [3.63, 3.8) is 0 Å². The summed E-state index contributed by atoms with van der Waals surface area (Å²) in [7, 11) is 0. The van der Waals surface area contributed by atoms with Crippen molar-refractivity contribution < 1.29 is 32.2 Å². The van der Waals surface area contributed by atoms with Gasteiger partial charge in [0.25, 0.3) is 0 Å². The highest BCUT2D eigenvalue weighted by Crippen LogP contribution is 2.38. The minimum Gasteiger partial charge on any atom is -0.481 e. The summed E-state index contributed by atoms with van der Waals surface area (Å²) < 4.78 is 49.7. The highest BCUT2D eigenvalue weighted by molar-refractivity contribution is 6.32. The third-order valence-electron chi connectivity index (χ3n) is 5.42. The van der Waals surface area contributed by atoms with E-state index < -0.39 is 35.5 Å². The van der Waals surface area contributed by atoms with Crippen molar-refractivity contribution in [1.29, 1.82) is 5.26 Å². The first-order chi connectivity index (χ1) is 16.5. The highest BCUT2D eigenvalue weighted by atomic mass is 35.5. The van der Waals surface area contributed by atoms with Crippen LogP contribution in [0.1, 0.15) is 31.7 Å². The van der Waals surface area contributed by atoms with E-state index >= 15 is 0 Å². The number of ketones is 1. The Morgan fingerprint density at radius 1 is 1.03 bits per heavy atom. The highest BCUT2D eigenvalue weighted by Gasteiger charge is 2.35. The first kappa shape index (κ1) is 26.6. The summed E-state index contributed by atoms with van der Waals surface area (Å²) in [4.78, 5) is 27.0. The number of benzene rings is 2. The summed E-state index contributed by atoms with van der Waals surface area (Å²) >= 11 is 12.1. The average molecular weight is 529 g/mol. The molecule has 1 saturated heterocycles. The number of carbonyl (C=O) groups excluding carboxylic acids is 2. The van der Waals surface area contributed by atoms with Gasteiger partial charge >= 0.3 is 6.18 Å². The Morgan fingerprint density at radius 2 is 1.71 bits per heavy atom. The molecule has 1 aliphatic rings. The van der Waals surface area contributed by atoms with Crippen molar-refractivity contribution >= 4 is 34.9 Å². The lowest BCUT2D eigenvalue weighted by molar-refractivity contribution is -0.142. The molecule has 0 aromatic heterocycles. The minimum atomic E-state index is -4.55. The summed E-state index contributed by atoms with van der Waals surface area (Å²) in [5.41, 5.74) is -0.923. The predicted molar refractivity (Wildman–Crippen MR) is 123 cm³/mol. The zero-order chi connectivity index (χ0) is 25.8. The van der Waals surface area contributed by atoms with Crippen LogP contribution in [-0.2, 0) is 15.8 Å². The summed E-state index contributed by atoms with van der Waals surface area (Å²) in [5, 5.41) is 9.33. The molecule has 1 fully saturated rings. The van der Waals surface area contributed by atoms with Gasteiger partial charge in [-0.1, -0.05) is 23.2 Å². The number of rotatable bonds is 7. The van der Waals surface area contributed by atoms with Crippen molar-refractivity contribution in [2.75, 3.05) is 13.1 Å². The number of Topliss-reactive ketones (excluding diaryl/α,β-unsaturated/α-hetero) is 1. The number of piperidine rings is 1. The second-order valence-electron chi connectivity index (χ2n) is 7.95. The molecule has 6 nitrogen and oxygen atoms in total. The number of hydrogen-bond donors (Lipinski definition) is 0. The second-order valence-corrected chi connectivity index (χ2v) is 8.76. The van der Waals surface area contributed by atoms with Gasteiger partial charge in [0.15, 0.2) is 17.8 Å². The molecule has 3 rings (SSSR count). The van der Waals surface area contributed by atoms with E-state index in [1.807, 2.05) is 0 Å². The smallest absolute Gasteiger partial charge is 0.416 e. The Hall–Kier alpha value is -2.96. The van der Waals surface area contributed by atoms with E-state index in [9.17, 15) is 28.0 Å². The van der Waals surface area contributed by atoms with Crippen LogP contribution < -0.4 is 9.47 Å². The molecule has 2 aromatic carbocycles. The molecule has 2 unspecified atom stereocenters. The molecule has 0 spiro atoms. The van der Waals surface area contributed by atoms with Gasteiger partial charge in [0.1, 0.15) is 17.2 Å². The maximum Gasteiger partial charge on any atom is 0.416 e. The largest absolute Gasteiger partial charge is 0.481 e. The number of amides is 1. The van der Waals surface area contributed by atoms with Gasteiger partial charge in [-0.15, -0.1) is 0 Å². The van der Waals surface area contributed by atoms with Crippen LogP contribution in [0.15, 0.2) is 36.4 Å². The van der Waals surface area contributed by atoms with Crippen LogP contribution in [-0.4, -0.2) is 35.8 Å². The molecule has 35 heavy (non-hydrogen) atoms. The van der Waals surface area contributed by atoms with Crippen LogP contribution in [0, 0.1) is 17.2 Å². The molecule has 2 atom stereocenters. The number of alkyl halides is 3. The number of carbonyl (C=O) groups is 2. The van der Waals surface area contributed by atoms with E-state index in [2.05, 4.69) is 0 Å². The third-order valence-corrected chi connectivity index (χ3v) is 6.03. The van der Waals surface area contributed by atoms with Crippen molar-refractivity contribution in [2.45, 2.75) is 38.5 Å². The summed E-state index contributed by atoms with van der Waals surface area (Å²) in [6, 6.07) is 8.59. The predicted octanol–water partition coefficient (Wildman–Crippen LogP) is 6.29. The van der Waals surface area contributed by atoms with Gasteiger partial charge < -0.3 is 14.4 Å². The fourth-order valence-corrected chi connectivity index (χ4v) is 3.93. The van der Waals surface area contributed by atoms with Crippen LogP contribution in [0.5, 0.6) is 17.2 Å². The standard InChI is InChI=1S/C24H21Cl2F3N2O4/c1-14(22(32)17(13-30)23(33)31-9-3-2-4-10-31)34-21-12-16(6-7-18(21)25)35-20-8-5-15(11-19(20)26)24(27,28)29/h5-8,11-12,14,17H,2-4,9-10H2,1H3. The fourth-order valence-electron chi connectivity index (χ4n) is 3.55. The molecule has 2 aromatic rings. The SMILES string of the molecule is CC(Oc1cc(Oc2ccc(C(F)(F)F)cc2Cl)ccc1Cl)C(=O)C(C#N)C(=O)N1CCCCC1. The molecular formula is C24H21Cl2F3N2O4. The van der Waals surface area contributed by atoms with Gasteiger partial charge in [0, 0.05) is 19.2 Å². The van der Waals surface area contributed by atoms with Crippen molar-refractivity contribution in [2.24, 2.45) is 5.92 Å². The van der Waals surface area contributed by atoms with Crippen molar-refractivity contribution in [3.8, 4) is 23.3 Å². The van der Waals surface area contributed by atoms with E-state index in [1.165, 1.54) is 30.0 Å². The van der Waals surface area contributed by atoms with E-state index in [-0.39, 0.29) is 27.3 Å². The fraction of sp³-hybridized carbons (Fsp3) is 0.375. The van der Waals surface area contributed by atoms with E-state index in [4.69, 9.17) is 32.7 Å². The lowest BCUT2D eigenvalue weighted by Crippen LogP contribution is -2.44. The molecule has 0 aliphatic carbocycles. The molecule has 0 bridgehead atoms. The van der Waals surface area contributed by atoms with Crippen LogP contribution >= 0.6 is 23.2 Å². The van der Waals surface area contributed by atoms with Crippen LogP contribution in [0.2, 0.25) is 10.0 Å². The van der Waals surface area contributed by atoms with Gasteiger partial charge in [0.2, 0.25) is 5.91 Å². The average Bonchev–Trinajstić information content (AvgIpc) is 2.82. The van der Waals surface area contributed by atoms with Crippen LogP contribution in [0.3, 0.4) is 0 Å². The zero-order valence-electron chi connectivity index (χ0n) is 18.6. The molecule has 1 amide bonds. The van der Waals surface area contributed by atoms with Gasteiger partial charge in [-0.05, 0) is 56.5 Å². The Labute approximate surface area is 210 Å². The topological polar surface area (TPSA) is 79.6 Å². The Kier molecular flexibility index (Phi) is 8.51. The van der Waals surface area contributed by atoms with E-state index in [0.717, 1.165) is 37.5 Å². The summed E-state index contributed by atoms with van der Waals surface area (Å²) in [5.74, 6) is -2.65. The number of nitriles is 1. The molecule has 11 heteroatoms. The van der Waals surface area contributed by atoms with Gasteiger partial charge in [0.05, 0.1) is 21.7 Å². The Bertz CT molecular complexity index is 1140. The summed E-state index contributed by atoms with van der Waals surface area (Å²) in [6.07, 6.45) is -3.12. The van der Waals surface area contributed by atoms with Gasteiger partial charge in [-0.2, -0.15) is 18.4 Å². The Balaban J connectivity index is 1.73. The third kappa shape index (κ3) is 6.59. The number of ether oxygens (including phenoxy) is 2. The molecule has 1 heterocycles. The normalized spacial score (nSPS) is 15.6. The number of likely N-dealkylation sites (tertiary alicyclic amines) is 1. The minimum absolute atomic E-state index is 0.0233. The number of hydrogen-bond acceptors (Lipinski definition) is 5. The van der Waals surface area contributed by atoms with Crippen molar-refractivity contribution in [3.05, 3.63) is 52.0 Å². The zero-order valence-corrected chi connectivity index (χ0v) is 20.1. The quantitative estimate of drug-likeness (QED) is 0.394. The van der Waals surface area contributed by atoms with Crippen LogP contribution in [0.4, 0.5) is 13.2 Å². The second kappa shape index (κ2) is 11.2. The maximum atomic E-state index is 12.8. The molecule has 0 N–H and O–H groups in total. The van der Waals surface area contributed by atoms with Gasteiger partial charge in [-0.25, -0.2) is 0 Å². The number of nitrogens with zero attached hydrogens (tertiary/aromatic N) is 2. The van der Waals surface area contributed by atoms with Gasteiger partial charge in [-0.3, -0.25) is 9.59 Å². The maximum absolute atomic E-state index is 12.8. The monoisotopic (exact) mass is 528 g/mol. The van der Waals surface area contributed by atoms with Crippen molar-refractivity contribution in [1.82, 2.24) is 4.90 Å². The number of halogens is 5. The van der Waals surface area contributed by atoms with Crippen LogP contribution in [0.25, 0.3) is 0 Å². The van der Waals surface area contributed by atoms with E-state index in [1.54, 1.807) is 6.07 Å². The molecule has 0 saturated carbocycles. The summed E-state index contributed by atoms with van der Waals surface area (Å²) in [6.45, 7) is 2.39. The lowest BCUT2D eigenvalue weighted by atomic mass is 9.99.